The van der Waals surface area contributed by atoms with Gasteiger partial charge in [0.25, 0.3) is 0 Å². The quantitative estimate of drug-likeness (QED) is 0.820. The van der Waals surface area contributed by atoms with E-state index in [0.29, 0.717) is 0 Å². The molecule has 2 nitrogen and oxygen atoms in total. The van der Waals surface area contributed by atoms with E-state index in [1.807, 2.05) is 18.7 Å². The second kappa shape index (κ2) is 4.42. The zero-order valence-electron chi connectivity index (χ0n) is 7.73. The minimum absolute atomic E-state index is 0.988. The molecule has 0 spiro atoms. The first-order valence-corrected chi connectivity index (χ1v) is 5.34. The molecule has 72 valence electrons. The summed E-state index contributed by atoms with van der Waals surface area (Å²) in [7, 11) is 0. The molecule has 1 aromatic carbocycles. The molecule has 3 heteroatoms. The van der Waals surface area contributed by atoms with Crippen LogP contribution in [-0.4, -0.2) is 9.55 Å². The summed E-state index contributed by atoms with van der Waals surface area (Å²) >= 11 is 3.42. The summed E-state index contributed by atoms with van der Waals surface area (Å²) in [5.41, 5.74) is 1.35. The summed E-state index contributed by atoms with van der Waals surface area (Å²) in [4.78, 5) is 4.00. The Morgan fingerprint density at radius 2 is 2.00 bits per heavy atom. The first-order valence-electron chi connectivity index (χ1n) is 4.55. The largest absolute Gasteiger partial charge is 0.337 e. The number of halogens is 1. The highest BCUT2D eigenvalue weighted by molar-refractivity contribution is 9.10. The van der Waals surface area contributed by atoms with Crippen LogP contribution in [-0.2, 0) is 13.0 Å². The highest BCUT2D eigenvalue weighted by atomic mass is 79.9. The summed E-state index contributed by atoms with van der Waals surface area (Å²) in [5, 5.41) is 0. The molecule has 2 rings (SSSR count). The Balaban J connectivity index is 1.95. The van der Waals surface area contributed by atoms with Gasteiger partial charge >= 0.3 is 0 Å². The van der Waals surface area contributed by atoms with Crippen molar-refractivity contribution in [2.45, 2.75) is 13.0 Å². The number of aromatic nitrogens is 2. The average molecular weight is 251 g/mol. The normalized spacial score (nSPS) is 10.4. The van der Waals surface area contributed by atoms with E-state index in [1.54, 1.807) is 0 Å². The fourth-order valence-electron chi connectivity index (χ4n) is 1.33. The lowest BCUT2D eigenvalue weighted by Gasteiger charge is -2.02. The third-order valence-electron chi connectivity index (χ3n) is 2.13. The van der Waals surface area contributed by atoms with Crippen LogP contribution in [0, 0.1) is 0 Å². The van der Waals surface area contributed by atoms with E-state index in [4.69, 9.17) is 0 Å². The van der Waals surface area contributed by atoms with E-state index in [9.17, 15) is 0 Å². The number of benzene rings is 1. The van der Waals surface area contributed by atoms with Crippen LogP contribution in [0.2, 0.25) is 0 Å². The highest BCUT2D eigenvalue weighted by Gasteiger charge is 1.94. The maximum Gasteiger partial charge on any atom is 0.0946 e. The lowest BCUT2D eigenvalue weighted by molar-refractivity contribution is 0.695. The van der Waals surface area contributed by atoms with Crippen LogP contribution in [0.5, 0.6) is 0 Å². The Morgan fingerprint density at radius 1 is 1.21 bits per heavy atom. The fraction of sp³-hybridized carbons (Fsp3) is 0.182. The van der Waals surface area contributed by atoms with Crippen LogP contribution < -0.4 is 0 Å². The monoisotopic (exact) mass is 250 g/mol. The van der Waals surface area contributed by atoms with E-state index in [1.165, 1.54) is 5.56 Å². The first-order chi connectivity index (χ1) is 6.84. The molecule has 0 aliphatic heterocycles. The van der Waals surface area contributed by atoms with Gasteiger partial charge in [0.15, 0.2) is 0 Å². The van der Waals surface area contributed by atoms with Gasteiger partial charge < -0.3 is 4.57 Å². The molecule has 0 aliphatic rings. The van der Waals surface area contributed by atoms with Gasteiger partial charge in [-0.1, -0.05) is 28.1 Å². The van der Waals surface area contributed by atoms with Crippen molar-refractivity contribution < 1.29 is 0 Å². The Kier molecular flexibility index (Phi) is 2.99. The lowest BCUT2D eigenvalue weighted by atomic mass is 10.1. The summed E-state index contributed by atoms with van der Waals surface area (Å²) < 4.78 is 3.21. The maximum atomic E-state index is 4.00. The molecule has 1 aromatic heterocycles. The Morgan fingerprint density at radius 3 is 2.64 bits per heavy atom. The number of nitrogens with zero attached hydrogens (tertiary/aromatic N) is 2. The van der Waals surface area contributed by atoms with Crippen molar-refractivity contribution in [1.29, 1.82) is 0 Å². The smallest absolute Gasteiger partial charge is 0.0946 e. The summed E-state index contributed by atoms with van der Waals surface area (Å²) in [6.45, 7) is 0.988. The average Bonchev–Trinajstić information content (AvgIpc) is 2.70. The van der Waals surface area contributed by atoms with Gasteiger partial charge in [-0.05, 0) is 24.1 Å². The Labute approximate surface area is 91.7 Å². The van der Waals surface area contributed by atoms with Crippen LogP contribution in [0.1, 0.15) is 5.56 Å². The molecule has 0 unspecified atom stereocenters. The van der Waals surface area contributed by atoms with Gasteiger partial charge in [0.1, 0.15) is 0 Å². The molecule has 2 aromatic rings. The molecule has 0 saturated heterocycles. The number of hydrogen-bond acceptors (Lipinski definition) is 1. The topological polar surface area (TPSA) is 17.8 Å². The van der Waals surface area contributed by atoms with Gasteiger partial charge in [-0.3, -0.25) is 0 Å². The maximum absolute atomic E-state index is 4.00. The van der Waals surface area contributed by atoms with E-state index in [-0.39, 0.29) is 0 Å². The molecule has 0 atom stereocenters. The molecule has 14 heavy (non-hydrogen) atoms. The van der Waals surface area contributed by atoms with Crippen LogP contribution >= 0.6 is 15.9 Å². The Hall–Kier alpha value is -1.09. The van der Waals surface area contributed by atoms with Crippen molar-refractivity contribution in [2.75, 3.05) is 0 Å². The molecule has 0 N–H and O–H groups in total. The van der Waals surface area contributed by atoms with Gasteiger partial charge in [0, 0.05) is 23.4 Å². The van der Waals surface area contributed by atoms with Crippen molar-refractivity contribution in [1.82, 2.24) is 9.55 Å². The standard InChI is InChI=1S/C11H11BrN2/c12-11-3-1-10(2-4-11)5-7-14-8-6-13-9-14/h1-4,6,8-9H,5,7H2. The second-order valence-electron chi connectivity index (χ2n) is 3.18. The fourth-order valence-corrected chi connectivity index (χ4v) is 1.59. The highest BCUT2D eigenvalue weighted by Crippen LogP contribution is 2.11. The lowest BCUT2D eigenvalue weighted by Crippen LogP contribution is -1.97. The minimum Gasteiger partial charge on any atom is -0.337 e. The molecule has 1 heterocycles. The number of hydrogen-bond donors (Lipinski definition) is 0. The predicted molar refractivity (Wildman–Crippen MR) is 60.1 cm³/mol. The third kappa shape index (κ3) is 2.45. The number of rotatable bonds is 3. The van der Waals surface area contributed by atoms with E-state index < -0.39 is 0 Å². The molecule has 0 radical (unpaired) electrons. The molecule has 0 amide bonds. The van der Waals surface area contributed by atoms with Crippen molar-refractivity contribution in [3.63, 3.8) is 0 Å². The molecule has 0 fully saturated rings. The van der Waals surface area contributed by atoms with Gasteiger partial charge in [-0.25, -0.2) is 4.98 Å². The van der Waals surface area contributed by atoms with Crippen LogP contribution in [0.3, 0.4) is 0 Å². The molecular formula is C11H11BrN2. The number of imidazole rings is 1. The summed E-state index contributed by atoms with van der Waals surface area (Å²) in [6, 6.07) is 8.43. The van der Waals surface area contributed by atoms with E-state index >= 15 is 0 Å². The van der Waals surface area contributed by atoms with Gasteiger partial charge in [-0.2, -0.15) is 0 Å². The van der Waals surface area contributed by atoms with Crippen molar-refractivity contribution in [3.05, 3.63) is 53.0 Å². The minimum atomic E-state index is 0.988. The number of aryl methyl sites for hydroxylation is 2. The summed E-state index contributed by atoms with van der Waals surface area (Å²) in [6.07, 6.45) is 6.68. The molecule has 0 aliphatic carbocycles. The second-order valence-corrected chi connectivity index (χ2v) is 4.09. The zero-order valence-corrected chi connectivity index (χ0v) is 9.31. The van der Waals surface area contributed by atoms with Crippen molar-refractivity contribution in [3.8, 4) is 0 Å². The molecule has 0 saturated carbocycles. The molecular weight excluding hydrogens is 240 g/mol. The van der Waals surface area contributed by atoms with Crippen molar-refractivity contribution in [2.24, 2.45) is 0 Å². The predicted octanol–water partition coefficient (Wildman–Crippen LogP) is 2.89. The van der Waals surface area contributed by atoms with Crippen LogP contribution in [0.4, 0.5) is 0 Å². The van der Waals surface area contributed by atoms with Gasteiger partial charge in [0.2, 0.25) is 0 Å². The van der Waals surface area contributed by atoms with E-state index in [2.05, 4.69) is 49.7 Å². The van der Waals surface area contributed by atoms with Gasteiger partial charge in [-0.15, -0.1) is 0 Å². The van der Waals surface area contributed by atoms with Gasteiger partial charge in [0.05, 0.1) is 6.33 Å². The van der Waals surface area contributed by atoms with Crippen molar-refractivity contribution >= 4 is 15.9 Å². The van der Waals surface area contributed by atoms with Crippen LogP contribution in [0.25, 0.3) is 0 Å². The first kappa shape index (κ1) is 9.46. The van der Waals surface area contributed by atoms with Crippen LogP contribution in [0.15, 0.2) is 47.5 Å². The zero-order chi connectivity index (χ0) is 9.80. The third-order valence-corrected chi connectivity index (χ3v) is 2.66. The molecule has 0 bridgehead atoms. The van der Waals surface area contributed by atoms with E-state index in [0.717, 1.165) is 17.4 Å². The Bertz CT molecular complexity index is 378. The summed E-state index contributed by atoms with van der Waals surface area (Å²) in [5.74, 6) is 0. The SMILES string of the molecule is Brc1ccc(CCn2ccnc2)cc1.